The number of benzene rings is 1. The number of fused-ring (bicyclic) bond motifs is 1. The van der Waals surface area contributed by atoms with E-state index in [9.17, 15) is 19.5 Å². The molecule has 2 fully saturated rings. The number of aromatic hydroxyl groups is 1. The largest absolute Gasteiger partial charge is 0.508 e. The second kappa shape index (κ2) is 7.52. The Bertz CT molecular complexity index is 753. The summed E-state index contributed by atoms with van der Waals surface area (Å²) < 4.78 is 5.36. The fourth-order valence-corrected chi connectivity index (χ4v) is 4.88. The van der Waals surface area contributed by atoms with Crippen molar-refractivity contribution in [2.75, 3.05) is 25.7 Å². The number of quaternary nitrogens is 1. The molecule has 27 heavy (non-hydrogen) atoms. The van der Waals surface area contributed by atoms with Gasteiger partial charge in [0.15, 0.2) is 0 Å². The van der Waals surface area contributed by atoms with E-state index in [1.165, 1.54) is 7.05 Å². The van der Waals surface area contributed by atoms with Gasteiger partial charge in [0.2, 0.25) is 17.4 Å². The van der Waals surface area contributed by atoms with Crippen molar-refractivity contribution in [3.8, 4) is 5.75 Å². The second-order valence-electron chi connectivity index (χ2n) is 7.03. The zero-order valence-corrected chi connectivity index (χ0v) is 16.5. The Hall–Kier alpha value is -2.06. The minimum atomic E-state index is -1.12. The van der Waals surface area contributed by atoms with Gasteiger partial charge in [-0.2, -0.15) is 11.8 Å². The first-order chi connectivity index (χ1) is 12.9. The van der Waals surface area contributed by atoms with Gasteiger partial charge >= 0.3 is 5.97 Å². The highest BCUT2D eigenvalue weighted by atomic mass is 32.2. The highest BCUT2D eigenvalue weighted by Crippen LogP contribution is 2.45. The van der Waals surface area contributed by atoms with Gasteiger partial charge in [0, 0.05) is 19.0 Å². The van der Waals surface area contributed by atoms with E-state index in [2.05, 4.69) is 0 Å². The van der Waals surface area contributed by atoms with Gasteiger partial charge in [-0.1, -0.05) is 0 Å². The molecule has 0 aliphatic carbocycles. The molecular weight excluding hydrogens is 368 g/mol. The molecule has 3 N–H and O–H groups in total. The van der Waals surface area contributed by atoms with Crippen molar-refractivity contribution in [3.05, 3.63) is 29.8 Å². The summed E-state index contributed by atoms with van der Waals surface area (Å²) in [6.45, 7) is 1.95. The number of hydrogen-bond donors (Lipinski definition) is 2. The van der Waals surface area contributed by atoms with Crippen LogP contribution in [0.1, 0.15) is 24.9 Å². The lowest BCUT2D eigenvalue weighted by Crippen LogP contribution is -2.98. The van der Waals surface area contributed by atoms with Gasteiger partial charge in [-0.25, -0.2) is 4.79 Å². The summed E-state index contributed by atoms with van der Waals surface area (Å²) in [4.78, 5) is 40.0. The van der Waals surface area contributed by atoms with Crippen LogP contribution < -0.4 is 5.32 Å². The molecule has 2 heterocycles. The normalized spacial score (nSPS) is 29.9. The number of nitrogens with two attached hydrogens (primary N) is 1. The molecule has 2 aliphatic rings. The van der Waals surface area contributed by atoms with Crippen molar-refractivity contribution in [3.63, 3.8) is 0 Å². The molecule has 4 atom stereocenters. The quantitative estimate of drug-likeness (QED) is 0.533. The third-order valence-corrected chi connectivity index (χ3v) is 6.26. The summed E-state index contributed by atoms with van der Waals surface area (Å²) in [5.74, 6) is -1.61. The van der Waals surface area contributed by atoms with Crippen LogP contribution in [0.25, 0.3) is 0 Å². The summed E-state index contributed by atoms with van der Waals surface area (Å²) in [6.07, 6.45) is 2.38. The fourth-order valence-electron chi connectivity index (χ4n) is 4.34. The molecule has 0 unspecified atom stereocenters. The number of imide groups is 1. The number of nitrogens with zero attached hydrogens (tertiary/aromatic N) is 1. The van der Waals surface area contributed by atoms with Crippen molar-refractivity contribution in [2.24, 2.45) is 11.8 Å². The number of hydrogen-bond acceptors (Lipinski definition) is 6. The number of amides is 2. The lowest BCUT2D eigenvalue weighted by molar-refractivity contribution is -0.734. The Morgan fingerprint density at radius 3 is 2.56 bits per heavy atom. The van der Waals surface area contributed by atoms with E-state index in [-0.39, 0.29) is 30.2 Å². The molecular formula is C19H25N2O5S+. The molecule has 0 spiro atoms. The van der Waals surface area contributed by atoms with Crippen molar-refractivity contribution in [2.45, 2.75) is 24.9 Å². The minimum absolute atomic E-state index is 0.123. The molecule has 1 aromatic carbocycles. The standard InChI is InChI=1S/C19H24N2O5S/c1-4-26-18(25)19(9-10-27-3)14-13(16(23)21(2)17(14)24)15(20-19)11-5-7-12(22)8-6-11/h5-8,13-15,20,22H,4,9-10H2,1-3H3/p+1/t13-,14+,15-,19+/m0/s1. The van der Waals surface area contributed by atoms with Crippen LogP contribution in [0.4, 0.5) is 0 Å². The van der Waals surface area contributed by atoms with E-state index in [0.717, 1.165) is 10.5 Å². The second-order valence-corrected chi connectivity index (χ2v) is 8.01. The number of carbonyl (C=O) groups excluding carboxylic acids is 3. The molecule has 0 saturated carbocycles. The number of rotatable bonds is 6. The molecule has 146 valence electrons. The summed E-state index contributed by atoms with van der Waals surface area (Å²) >= 11 is 1.59. The van der Waals surface area contributed by atoms with Crippen LogP contribution >= 0.6 is 11.8 Å². The van der Waals surface area contributed by atoms with Crippen LogP contribution in [0.15, 0.2) is 24.3 Å². The van der Waals surface area contributed by atoms with Crippen molar-refractivity contribution >= 4 is 29.5 Å². The SMILES string of the molecule is CCOC(=O)[C@]1(CCSC)[NH2+][C@@H](c2ccc(O)cc2)[C@H]2C(=O)N(C)C(=O)[C@@H]21. The van der Waals surface area contributed by atoms with E-state index in [1.54, 1.807) is 43.0 Å². The molecule has 1 aromatic rings. The van der Waals surface area contributed by atoms with Crippen molar-refractivity contribution in [1.82, 2.24) is 4.90 Å². The van der Waals surface area contributed by atoms with Crippen LogP contribution in [0.2, 0.25) is 0 Å². The third kappa shape index (κ3) is 3.10. The molecule has 0 radical (unpaired) electrons. The van der Waals surface area contributed by atoms with Crippen molar-refractivity contribution in [1.29, 1.82) is 0 Å². The Balaban J connectivity index is 2.10. The summed E-state index contributed by atoms with van der Waals surface area (Å²) in [5.41, 5.74) is -0.321. The number of esters is 1. The zero-order chi connectivity index (χ0) is 19.8. The highest BCUT2D eigenvalue weighted by Gasteiger charge is 2.71. The van der Waals surface area contributed by atoms with Crippen LogP contribution in [0, 0.1) is 11.8 Å². The summed E-state index contributed by atoms with van der Waals surface area (Å²) in [6, 6.07) is 6.19. The molecule has 0 bridgehead atoms. The van der Waals surface area contributed by atoms with Gasteiger partial charge in [-0.3, -0.25) is 14.5 Å². The molecule has 8 heteroatoms. The maximum absolute atomic E-state index is 13.0. The first kappa shape index (κ1) is 19.7. The number of phenols is 1. The average molecular weight is 393 g/mol. The molecule has 0 aromatic heterocycles. The average Bonchev–Trinajstić information content (AvgIpc) is 3.11. The van der Waals surface area contributed by atoms with Gasteiger partial charge in [-0.05, 0) is 43.2 Å². The Labute approximate surface area is 162 Å². The van der Waals surface area contributed by atoms with Gasteiger partial charge in [-0.15, -0.1) is 0 Å². The molecule has 2 saturated heterocycles. The number of likely N-dealkylation sites (tertiary alicyclic amines) is 1. The van der Waals surface area contributed by atoms with E-state index < -0.39 is 23.3 Å². The van der Waals surface area contributed by atoms with Gasteiger partial charge < -0.3 is 15.2 Å². The summed E-state index contributed by atoms with van der Waals surface area (Å²) in [7, 11) is 1.47. The van der Waals surface area contributed by atoms with Crippen molar-refractivity contribution < 1.29 is 29.5 Å². The van der Waals surface area contributed by atoms with E-state index in [0.29, 0.717) is 12.2 Å². The lowest BCUT2D eigenvalue weighted by Gasteiger charge is -2.29. The number of thioether (sulfide) groups is 1. The first-order valence-corrected chi connectivity index (χ1v) is 10.4. The fraction of sp³-hybridized carbons (Fsp3) is 0.526. The lowest BCUT2D eigenvalue weighted by atomic mass is 9.78. The van der Waals surface area contributed by atoms with E-state index in [4.69, 9.17) is 4.74 Å². The Morgan fingerprint density at radius 2 is 1.96 bits per heavy atom. The number of carbonyl (C=O) groups is 3. The minimum Gasteiger partial charge on any atom is -0.508 e. The maximum atomic E-state index is 13.0. The van der Waals surface area contributed by atoms with Crippen LogP contribution in [-0.2, 0) is 19.1 Å². The predicted octanol–water partition coefficient (Wildman–Crippen LogP) is 0.296. The van der Waals surface area contributed by atoms with E-state index in [1.807, 2.05) is 11.6 Å². The summed E-state index contributed by atoms with van der Waals surface area (Å²) in [5, 5.41) is 11.4. The zero-order valence-electron chi connectivity index (χ0n) is 15.7. The Kier molecular flexibility index (Phi) is 5.48. The monoisotopic (exact) mass is 393 g/mol. The Morgan fingerprint density at radius 1 is 1.30 bits per heavy atom. The first-order valence-electron chi connectivity index (χ1n) is 9.00. The smallest absolute Gasteiger partial charge is 0.368 e. The highest BCUT2D eigenvalue weighted by molar-refractivity contribution is 7.98. The molecule has 7 nitrogen and oxygen atoms in total. The van der Waals surface area contributed by atoms with E-state index >= 15 is 0 Å². The van der Waals surface area contributed by atoms with Gasteiger partial charge in [0.25, 0.3) is 0 Å². The molecule has 2 amide bonds. The predicted molar refractivity (Wildman–Crippen MR) is 99.9 cm³/mol. The maximum Gasteiger partial charge on any atom is 0.368 e. The van der Waals surface area contributed by atoms with Crippen LogP contribution in [0.3, 0.4) is 0 Å². The molecule has 2 aliphatic heterocycles. The third-order valence-electron chi connectivity index (χ3n) is 5.64. The van der Waals surface area contributed by atoms with Gasteiger partial charge in [0.1, 0.15) is 23.6 Å². The number of phenolic OH excluding ortho intramolecular Hbond substituents is 1. The number of ether oxygens (including phenoxy) is 1. The topological polar surface area (TPSA) is 101 Å². The van der Waals surface area contributed by atoms with Crippen LogP contribution in [0.5, 0.6) is 5.75 Å². The van der Waals surface area contributed by atoms with Crippen LogP contribution in [-0.4, -0.2) is 59.0 Å². The molecule has 3 rings (SSSR count). The van der Waals surface area contributed by atoms with Gasteiger partial charge in [0.05, 0.1) is 6.61 Å².